The zero-order chi connectivity index (χ0) is 20.8. The quantitative estimate of drug-likeness (QED) is 0.550. The highest BCUT2D eigenvalue weighted by Gasteiger charge is 2.83. The van der Waals surface area contributed by atoms with E-state index in [4.69, 9.17) is 18.9 Å². The molecule has 0 spiro atoms. The van der Waals surface area contributed by atoms with E-state index in [0.29, 0.717) is 38.3 Å². The van der Waals surface area contributed by atoms with Crippen LogP contribution in [0.3, 0.4) is 0 Å². The van der Waals surface area contributed by atoms with Crippen molar-refractivity contribution in [2.24, 2.45) is 40.4 Å². The van der Waals surface area contributed by atoms with E-state index in [2.05, 4.69) is 26.5 Å². The van der Waals surface area contributed by atoms with Gasteiger partial charge in [-0.15, -0.1) is 0 Å². The molecule has 0 radical (unpaired) electrons. The second-order valence-corrected chi connectivity index (χ2v) is 11.1. The SMILES string of the molecule is C=C1CCC[C@@H]2CC[C@H]3[C@@H]4[C@H](C#N)C56OCCOC5(OCCO6)[C@@]4(C)CC[C@@H]3[C@@]12C. The summed E-state index contributed by atoms with van der Waals surface area (Å²) in [5, 5.41) is 10.5. The number of hydrogen-bond donors (Lipinski definition) is 0. The number of allylic oxidation sites excluding steroid dienone is 1. The molecule has 0 N–H and O–H groups in total. The van der Waals surface area contributed by atoms with Crippen molar-refractivity contribution < 1.29 is 18.9 Å². The van der Waals surface area contributed by atoms with Crippen molar-refractivity contribution in [2.75, 3.05) is 26.4 Å². The predicted molar refractivity (Wildman–Crippen MR) is 110 cm³/mol. The number of rotatable bonds is 0. The summed E-state index contributed by atoms with van der Waals surface area (Å²) < 4.78 is 25.7. The maximum atomic E-state index is 10.5. The van der Waals surface area contributed by atoms with Crippen molar-refractivity contribution in [3.05, 3.63) is 12.2 Å². The molecule has 5 heteroatoms. The van der Waals surface area contributed by atoms with Crippen LogP contribution >= 0.6 is 0 Å². The Kier molecular flexibility index (Phi) is 4.15. The molecule has 6 rings (SSSR count). The Morgan fingerprint density at radius 3 is 2.37 bits per heavy atom. The van der Waals surface area contributed by atoms with E-state index in [9.17, 15) is 5.26 Å². The van der Waals surface area contributed by atoms with E-state index < -0.39 is 11.6 Å². The van der Waals surface area contributed by atoms with Gasteiger partial charge < -0.3 is 18.9 Å². The summed E-state index contributed by atoms with van der Waals surface area (Å²) in [6.07, 6.45) is 8.33. The monoisotopic (exact) mass is 413 g/mol. The molecule has 2 heterocycles. The van der Waals surface area contributed by atoms with Crippen molar-refractivity contribution in [3.8, 4) is 6.07 Å². The molecule has 0 aromatic heterocycles. The molecule has 7 atom stereocenters. The largest absolute Gasteiger partial charge is 0.342 e. The molecule has 2 saturated heterocycles. The van der Waals surface area contributed by atoms with Gasteiger partial charge in [-0.1, -0.05) is 26.0 Å². The minimum atomic E-state index is -1.09. The van der Waals surface area contributed by atoms with Crippen molar-refractivity contribution in [1.82, 2.24) is 0 Å². The van der Waals surface area contributed by atoms with Crippen LogP contribution in [0.15, 0.2) is 12.2 Å². The number of fused-ring (bicyclic) bond motifs is 5. The summed E-state index contributed by atoms with van der Waals surface area (Å²) in [5.74, 6) is -0.485. The molecule has 0 unspecified atom stereocenters. The first kappa shape index (κ1) is 19.7. The molecule has 5 nitrogen and oxygen atoms in total. The molecule has 4 saturated carbocycles. The summed E-state index contributed by atoms with van der Waals surface area (Å²) in [6.45, 7) is 11.3. The van der Waals surface area contributed by atoms with E-state index in [1.54, 1.807) is 0 Å². The van der Waals surface area contributed by atoms with Gasteiger partial charge in [-0.2, -0.15) is 5.26 Å². The van der Waals surface area contributed by atoms with Gasteiger partial charge in [-0.3, -0.25) is 0 Å². The summed E-state index contributed by atoms with van der Waals surface area (Å²) in [4.78, 5) is 0. The summed E-state index contributed by atoms with van der Waals surface area (Å²) in [6, 6.07) is 2.67. The molecule has 164 valence electrons. The number of nitrogens with zero attached hydrogens (tertiary/aromatic N) is 1. The smallest absolute Gasteiger partial charge is 0.241 e. The number of nitriles is 1. The molecule has 6 aliphatic rings. The Labute approximate surface area is 180 Å². The van der Waals surface area contributed by atoms with Crippen molar-refractivity contribution in [1.29, 1.82) is 5.26 Å². The maximum absolute atomic E-state index is 10.5. The van der Waals surface area contributed by atoms with E-state index in [-0.39, 0.29) is 22.7 Å². The third-order valence-corrected chi connectivity index (χ3v) is 10.5. The van der Waals surface area contributed by atoms with Crippen LogP contribution in [0.5, 0.6) is 0 Å². The average molecular weight is 414 g/mol. The van der Waals surface area contributed by atoms with E-state index in [1.807, 2.05) is 0 Å². The Morgan fingerprint density at radius 1 is 0.967 bits per heavy atom. The molecular weight excluding hydrogens is 378 g/mol. The van der Waals surface area contributed by atoms with Crippen LogP contribution in [0.25, 0.3) is 0 Å². The Balaban J connectivity index is 1.48. The first-order valence-corrected chi connectivity index (χ1v) is 12.1. The van der Waals surface area contributed by atoms with E-state index in [1.165, 1.54) is 31.3 Å². The fraction of sp³-hybridized carbons (Fsp3) is 0.880. The van der Waals surface area contributed by atoms with E-state index >= 15 is 0 Å². The van der Waals surface area contributed by atoms with Crippen LogP contribution in [0.4, 0.5) is 0 Å². The third-order valence-electron chi connectivity index (χ3n) is 10.5. The predicted octanol–water partition coefficient (Wildman–Crippen LogP) is 4.43. The van der Waals surface area contributed by atoms with Gasteiger partial charge in [0.1, 0.15) is 5.92 Å². The van der Waals surface area contributed by atoms with Crippen LogP contribution < -0.4 is 0 Å². The van der Waals surface area contributed by atoms with Gasteiger partial charge >= 0.3 is 0 Å². The first-order valence-electron chi connectivity index (χ1n) is 12.1. The Bertz CT molecular complexity index is 791. The molecule has 0 aromatic carbocycles. The standard InChI is InChI=1S/C25H35NO4/c1-16-5-4-6-17-7-8-18-19(23(16,17)3)9-10-22(2)21(18)20(15-26)24-25(22,29-13-11-27-24)30-14-12-28-24/h17-21H,1,4-14H2,2-3H3/t17-,18-,19+,20+,21-,22+,23+,24?,25?/m1/s1. The summed E-state index contributed by atoms with van der Waals surface area (Å²) in [7, 11) is 0. The Morgan fingerprint density at radius 2 is 1.67 bits per heavy atom. The normalized spacial score (nSPS) is 57.2. The van der Waals surface area contributed by atoms with Crippen molar-refractivity contribution >= 4 is 0 Å². The lowest BCUT2D eigenvalue weighted by atomic mass is 9.43. The minimum absolute atomic E-state index is 0.157. The average Bonchev–Trinajstić information content (AvgIpc) is 2.97. The van der Waals surface area contributed by atoms with Crippen LogP contribution in [0.1, 0.15) is 58.8 Å². The fourth-order valence-electron chi connectivity index (χ4n) is 9.25. The van der Waals surface area contributed by atoms with E-state index in [0.717, 1.165) is 25.2 Å². The molecule has 2 aliphatic heterocycles. The van der Waals surface area contributed by atoms with Gasteiger partial charge in [0, 0.05) is 5.41 Å². The lowest BCUT2D eigenvalue weighted by Crippen LogP contribution is -2.70. The van der Waals surface area contributed by atoms with Gasteiger partial charge in [-0.25, -0.2) is 0 Å². The highest BCUT2D eigenvalue weighted by molar-refractivity contribution is 5.28. The molecule has 6 fully saturated rings. The second-order valence-electron chi connectivity index (χ2n) is 11.1. The van der Waals surface area contributed by atoms with Crippen LogP contribution in [0.2, 0.25) is 0 Å². The van der Waals surface area contributed by atoms with Crippen LogP contribution in [-0.2, 0) is 18.9 Å². The molecule has 30 heavy (non-hydrogen) atoms. The van der Waals surface area contributed by atoms with Crippen molar-refractivity contribution in [2.45, 2.75) is 70.4 Å². The van der Waals surface area contributed by atoms with Crippen molar-refractivity contribution in [3.63, 3.8) is 0 Å². The highest BCUT2D eigenvalue weighted by Crippen LogP contribution is 2.74. The lowest BCUT2D eigenvalue weighted by Gasteiger charge is -2.62. The molecule has 4 aliphatic carbocycles. The van der Waals surface area contributed by atoms with Gasteiger partial charge in [0.05, 0.1) is 32.5 Å². The zero-order valence-corrected chi connectivity index (χ0v) is 18.5. The summed E-state index contributed by atoms with van der Waals surface area (Å²) >= 11 is 0. The number of hydrogen-bond acceptors (Lipinski definition) is 5. The van der Waals surface area contributed by atoms with Gasteiger partial charge in [-0.05, 0) is 74.0 Å². The third kappa shape index (κ3) is 1.99. The molecule has 0 bridgehead atoms. The second kappa shape index (κ2) is 6.32. The lowest BCUT2D eigenvalue weighted by molar-refractivity contribution is -0.479. The van der Waals surface area contributed by atoms with Crippen LogP contribution in [-0.4, -0.2) is 38.0 Å². The van der Waals surface area contributed by atoms with Gasteiger partial charge in [0.2, 0.25) is 11.6 Å². The summed E-state index contributed by atoms with van der Waals surface area (Å²) in [5.41, 5.74) is 1.36. The highest BCUT2D eigenvalue weighted by atomic mass is 16.8. The number of ether oxygens (including phenoxy) is 4. The molecular formula is C25H35NO4. The fourth-order valence-corrected chi connectivity index (χ4v) is 9.25. The Hall–Kier alpha value is -0.930. The molecule has 0 aromatic rings. The van der Waals surface area contributed by atoms with Gasteiger partial charge in [0.25, 0.3) is 0 Å². The molecule has 0 amide bonds. The van der Waals surface area contributed by atoms with Crippen LogP contribution in [0, 0.1) is 51.8 Å². The maximum Gasteiger partial charge on any atom is 0.241 e. The van der Waals surface area contributed by atoms with Gasteiger partial charge in [0.15, 0.2) is 0 Å². The minimum Gasteiger partial charge on any atom is -0.342 e. The topological polar surface area (TPSA) is 60.7 Å². The first-order chi connectivity index (χ1) is 14.4. The zero-order valence-electron chi connectivity index (χ0n) is 18.5.